The van der Waals surface area contributed by atoms with Gasteiger partial charge in [-0.05, 0) is 36.2 Å². The fourth-order valence-electron chi connectivity index (χ4n) is 1.66. The third kappa shape index (κ3) is 6.17. The van der Waals surface area contributed by atoms with Crippen LogP contribution < -0.4 is 0 Å². The van der Waals surface area contributed by atoms with Crippen molar-refractivity contribution in [3.05, 3.63) is 9.75 Å². The van der Waals surface area contributed by atoms with Gasteiger partial charge >= 0.3 is 0 Å². The Morgan fingerprint density at radius 1 is 0.857 bits per heavy atom. The van der Waals surface area contributed by atoms with E-state index in [2.05, 4.69) is 27.7 Å². The number of thiophene rings is 1. The summed E-state index contributed by atoms with van der Waals surface area (Å²) in [7, 11) is 0. The fourth-order valence-corrected chi connectivity index (χ4v) is 5.92. The predicted molar refractivity (Wildman–Crippen MR) is 95.5 cm³/mol. The number of carbonyl (C=O) groups is 2. The summed E-state index contributed by atoms with van der Waals surface area (Å²) in [4.78, 5) is 26.0. The lowest BCUT2D eigenvalue weighted by atomic mass is 10.2. The molecule has 118 valence electrons. The Labute approximate surface area is 140 Å². The molecule has 0 unspecified atom stereocenters. The zero-order chi connectivity index (χ0) is 15.8. The molecule has 0 radical (unpaired) electrons. The molecule has 0 saturated carbocycles. The van der Waals surface area contributed by atoms with E-state index in [0.29, 0.717) is 21.6 Å². The highest BCUT2D eigenvalue weighted by Crippen LogP contribution is 2.41. The summed E-state index contributed by atoms with van der Waals surface area (Å²) in [6.07, 6.45) is 4.01. The molecule has 1 rings (SSSR count). The largest absolute Gasteiger partial charge is 0.297 e. The second-order valence-electron chi connectivity index (χ2n) is 5.79. The third-order valence-corrected chi connectivity index (χ3v) is 6.70. The van der Waals surface area contributed by atoms with Crippen LogP contribution in [-0.2, 0) is 0 Å². The second-order valence-corrected chi connectivity index (χ2v) is 9.08. The van der Waals surface area contributed by atoms with Crippen molar-refractivity contribution in [3.8, 4) is 0 Å². The topological polar surface area (TPSA) is 34.1 Å². The molecule has 5 heteroatoms. The van der Waals surface area contributed by atoms with Gasteiger partial charge < -0.3 is 0 Å². The molecule has 0 aliphatic rings. The van der Waals surface area contributed by atoms with E-state index in [1.807, 2.05) is 0 Å². The molecule has 0 fully saturated rings. The van der Waals surface area contributed by atoms with Gasteiger partial charge in [0, 0.05) is 9.79 Å². The van der Waals surface area contributed by atoms with Crippen LogP contribution in [-0.4, -0.2) is 24.1 Å². The smallest absolute Gasteiger partial charge is 0.161 e. The van der Waals surface area contributed by atoms with E-state index in [4.69, 9.17) is 0 Å². The van der Waals surface area contributed by atoms with E-state index >= 15 is 0 Å². The molecule has 1 aromatic rings. The van der Waals surface area contributed by atoms with Gasteiger partial charge in [-0.3, -0.25) is 9.59 Å². The number of carbonyl (C=O) groups excluding carboxylic acids is 2. The first-order chi connectivity index (χ1) is 9.99. The van der Waals surface area contributed by atoms with Gasteiger partial charge in [0.25, 0.3) is 0 Å². The average Bonchev–Trinajstić information content (AvgIpc) is 2.76. The summed E-state index contributed by atoms with van der Waals surface area (Å²) in [6, 6.07) is 0. The Kier molecular flexibility index (Phi) is 8.67. The van der Waals surface area contributed by atoms with Crippen LogP contribution >= 0.6 is 34.9 Å². The minimum absolute atomic E-state index is 0.651. The SMILES string of the molecule is CC(C)CCSc1c(C=O)sc(C=O)c1SCCC(C)C. The van der Waals surface area contributed by atoms with Crippen LogP contribution in [0.5, 0.6) is 0 Å². The molecule has 0 amide bonds. The molecule has 0 atom stereocenters. The van der Waals surface area contributed by atoms with Crippen molar-refractivity contribution >= 4 is 47.4 Å². The Morgan fingerprint density at radius 2 is 1.24 bits per heavy atom. The lowest BCUT2D eigenvalue weighted by molar-refractivity contribution is 0.111. The second kappa shape index (κ2) is 9.70. The van der Waals surface area contributed by atoms with E-state index < -0.39 is 0 Å². The van der Waals surface area contributed by atoms with Gasteiger partial charge in [-0.15, -0.1) is 34.9 Å². The molecule has 0 aliphatic heterocycles. The molecule has 0 bridgehead atoms. The van der Waals surface area contributed by atoms with Crippen LogP contribution in [0.2, 0.25) is 0 Å². The molecule has 1 aromatic heterocycles. The maximum absolute atomic E-state index is 11.3. The third-order valence-electron chi connectivity index (χ3n) is 2.97. The Bertz CT molecular complexity index is 424. The van der Waals surface area contributed by atoms with Crippen molar-refractivity contribution in [2.45, 2.75) is 50.3 Å². The average molecular weight is 345 g/mol. The zero-order valence-electron chi connectivity index (χ0n) is 13.2. The van der Waals surface area contributed by atoms with Gasteiger partial charge in [-0.25, -0.2) is 0 Å². The quantitative estimate of drug-likeness (QED) is 0.406. The van der Waals surface area contributed by atoms with Gasteiger partial charge in [0.05, 0.1) is 9.75 Å². The van der Waals surface area contributed by atoms with E-state index in [-0.39, 0.29) is 0 Å². The summed E-state index contributed by atoms with van der Waals surface area (Å²) in [5, 5.41) is 0. The van der Waals surface area contributed by atoms with Gasteiger partial charge in [-0.1, -0.05) is 27.7 Å². The highest BCUT2D eigenvalue weighted by Gasteiger charge is 2.18. The van der Waals surface area contributed by atoms with E-state index in [0.717, 1.165) is 46.7 Å². The summed E-state index contributed by atoms with van der Waals surface area (Å²) in [6.45, 7) is 8.79. The normalized spacial score (nSPS) is 11.3. The highest BCUT2D eigenvalue weighted by molar-refractivity contribution is 8.02. The first-order valence-electron chi connectivity index (χ1n) is 7.32. The number of aldehydes is 2. The molecular weight excluding hydrogens is 320 g/mol. The van der Waals surface area contributed by atoms with Crippen LogP contribution in [0.3, 0.4) is 0 Å². The van der Waals surface area contributed by atoms with E-state index in [1.54, 1.807) is 23.5 Å². The summed E-state index contributed by atoms with van der Waals surface area (Å²) in [5.74, 6) is 3.29. The summed E-state index contributed by atoms with van der Waals surface area (Å²) in [5.41, 5.74) is 0. The highest BCUT2D eigenvalue weighted by atomic mass is 32.2. The van der Waals surface area contributed by atoms with Crippen LogP contribution in [0, 0.1) is 11.8 Å². The molecule has 0 aliphatic carbocycles. The van der Waals surface area contributed by atoms with Crippen LogP contribution in [0.15, 0.2) is 9.79 Å². The Morgan fingerprint density at radius 3 is 1.52 bits per heavy atom. The molecule has 2 nitrogen and oxygen atoms in total. The van der Waals surface area contributed by atoms with Gasteiger partial charge in [0.15, 0.2) is 12.6 Å². The van der Waals surface area contributed by atoms with Crippen LogP contribution in [0.25, 0.3) is 0 Å². The lowest BCUT2D eigenvalue weighted by Crippen LogP contribution is -1.93. The summed E-state index contributed by atoms with van der Waals surface area (Å²) < 4.78 is 0. The molecule has 0 saturated heterocycles. The fraction of sp³-hybridized carbons (Fsp3) is 0.625. The maximum Gasteiger partial charge on any atom is 0.161 e. The first kappa shape index (κ1) is 18.8. The maximum atomic E-state index is 11.3. The molecule has 21 heavy (non-hydrogen) atoms. The number of hydrogen-bond acceptors (Lipinski definition) is 5. The van der Waals surface area contributed by atoms with Gasteiger partial charge in [0.2, 0.25) is 0 Å². The van der Waals surface area contributed by atoms with Crippen molar-refractivity contribution in [2.75, 3.05) is 11.5 Å². The summed E-state index contributed by atoms with van der Waals surface area (Å²) >= 11 is 4.77. The van der Waals surface area contributed by atoms with Gasteiger partial charge in [0.1, 0.15) is 0 Å². The van der Waals surface area contributed by atoms with Crippen molar-refractivity contribution < 1.29 is 9.59 Å². The molecule has 0 N–H and O–H groups in total. The Hall–Kier alpha value is -0.260. The van der Waals surface area contributed by atoms with Crippen molar-refractivity contribution in [2.24, 2.45) is 11.8 Å². The molecular formula is C16H24O2S3. The van der Waals surface area contributed by atoms with Crippen molar-refractivity contribution in [1.82, 2.24) is 0 Å². The molecule has 0 spiro atoms. The van der Waals surface area contributed by atoms with Crippen molar-refractivity contribution in [3.63, 3.8) is 0 Å². The molecule has 0 aromatic carbocycles. The van der Waals surface area contributed by atoms with E-state index in [9.17, 15) is 9.59 Å². The van der Waals surface area contributed by atoms with Gasteiger partial charge in [-0.2, -0.15) is 0 Å². The monoisotopic (exact) mass is 344 g/mol. The Balaban J connectivity index is 2.87. The predicted octanol–water partition coefficient (Wildman–Crippen LogP) is 5.65. The zero-order valence-corrected chi connectivity index (χ0v) is 15.6. The van der Waals surface area contributed by atoms with E-state index in [1.165, 1.54) is 11.3 Å². The minimum Gasteiger partial charge on any atom is -0.297 e. The number of hydrogen-bond donors (Lipinski definition) is 0. The van der Waals surface area contributed by atoms with Crippen LogP contribution in [0.1, 0.15) is 59.9 Å². The number of rotatable bonds is 10. The lowest BCUT2D eigenvalue weighted by Gasteiger charge is -2.08. The standard InChI is InChI=1S/C16H24O2S3/c1-11(2)5-7-19-15-13(9-17)21-14(10-18)16(15)20-8-6-12(3)4/h9-12H,5-8H2,1-4H3. The van der Waals surface area contributed by atoms with Crippen molar-refractivity contribution in [1.29, 1.82) is 0 Å². The minimum atomic E-state index is 0.651. The number of thioether (sulfide) groups is 2. The van der Waals surface area contributed by atoms with Crippen LogP contribution in [0.4, 0.5) is 0 Å². The first-order valence-corrected chi connectivity index (χ1v) is 10.1. The molecule has 1 heterocycles.